The third-order valence-corrected chi connectivity index (χ3v) is 3.36. The van der Waals surface area contributed by atoms with Crippen LogP contribution >= 0.6 is 15.9 Å². The molecule has 0 aliphatic heterocycles. The molecule has 3 N–H and O–H groups in total. The van der Waals surface area contributed by atoms with E-state index >= 15 is 0 Å². The van der Waals surface area contributed by atoms with Crippen LogP contribution in [0.25, 0.3) is 0 Å². The normalized spacial score (nSPS) is 11.7. The van der Waals surface area contributed by atoms with E-state index in [1.807, 2.05) is 48.5 Å². The number of nitrogens with one attached hydrogen (secondary N) is 1. The average Bonchev–Trinajstić information content (AvgIpc) is 2.45. The van der Waals surface area contributed by atoms with Gasteiger partial charge in [-0.1, -0.05) is 28.1 Å². The van der Waals surface area contributed by atoms with E-state index in [4.69, 9.17) is 10.5 Å². The number of ether oxygens (including phenoxy) is 1. The van der Waals surface area contributed by atoms with Crippen molar-refractivity contribution in [1.82, 2.24) is 0 Å². The molecule has 2 aromatic carbocycles. The number of anilines is 1. The van der Waals surface area contributed by atoms with Crippen molar-refractivity contribution in [2.45, 2.75) is 6.04 Å². The minimum absolute atomic E-state index is 0.432. The molecule has 0 saturated carbocycles. The lowest BCUT2D eigenvalue weighted by Crippen LogP contribution is -2.27. The van der Waals surface area contributed by atoms with E-state index in [-0.39, 0.29) is 0 Å². The molecule has 104 valence electrons. The molecule has 0 aromatic heterocycles. The molecule has 1 atom stereocenters. The Morgan fingerprint density at radius 2 is 1.95 bits per heavy atom. The van der Waals surface area contributed by atoms with Gasteiger partial charge in [0.15, 0.2) is 0 Å². The van der Waals surface area contributed by atoms with Crippen LogP contribution in [-0.2, 0) is 4.79 Å². The first kappa shape index (κ1) is 14.4. The van der Waals surface area contributed by atoms with Gasteiger partial charge >= 0.3 is 0 Å². The summed E-state index contributed by atoms with van der Waals surface area (Å²) in [6, 6.07) is 14.2. The predicted molar refractivity (Wildman–Crippen MR) is 82.7 cm³/mol. The molecule has 1 unspecified atom stereocenters. The first-order chi connectivity index (χ1) is 9.60. The van der Waals surface area contributed by atoms with Crippen LogP contribution in [0.2, 0.25) is 0 Å². The highest BCUT2D eigenvalue weighted by atomic mass is 79.9. The zero-order valence-electron chi connectivity index (χ0n) is 11.0. The van der Waals surface area contributed by atoms with Crippen LogP contribution in [0.15, 0.2) is 53.0 Å². The first-order valence-electron chi connectivity index (χ1n) is 6.05. The van der Waals surface area contributed by atoms with E-state index in [1.54, 1.807) is 7.11 Å². The summed E-state index contributed by atoms with van der Waals surface area (Å²) in [5.41, 5.74) is 7.09. The summed E-state index contributed by atoms with van der Waals surface area (Å²) >= 11 is 3.39. The quantitative estimate of drug-likeness (QED) is 0.883. The fourth-order valence-corrected chi connectivity index (χ4v) is 2.28. The van der Waals surface area contributed by atoms with Crippen LogP contribution < -0.4 is 15.8 Å². The molecule has 5 heteroatoms. The zero-order chi connectivity index (χ0) is 14.5. The van der Waals surface area contributed by atoms with Crippen molar-refractivity contribution < 1.29 is 9.53 Å². The Balaban J connectivity index is 2.23. The largest absolute Gasteiger partial charge is 0.497 e. The average molecular weight is 335 g/mol. The van der Waals surface area contributed by atoms with Gasteiger partial charge in [-0.15, -0.1) is 0 Å². The number of halogens is 1. The van der Waals surface area contributed by atoms with Crippen LogP contribution in [0.3, 0.4) is 0 Å². The number of carbonyl (C=O) groups is 1. The lowest BCUT2D eigenvalue weighted by Gasteiger charge is -2.17. The molecule has 1 amide bonds. The van der Waals surface area contributed by atoms with E-state index in [2.05, 4.69) is 21.2 Å². The number of carbonyl (C=O) groups excluding carboxylic acids is 1. The molecule has 0 aliphatic rings. The van der Waals surface area contributed by atoms with Crippen LogP contribution in [0, 0.1) is 0 Å². The summed E-state index contributed by atoms with van der Waals surface area (Å²) in [4.78, 5) is 11.7. The molecule has 0 fully saturated rings. The SMILES string of the molecule is COc1ccc(NC(C(N)=O)c2cccc(Br)c2)cc1. The molecule has 2 rings (SSSR count). The summed E-state index contributed by atoms with van der Waals surface area (Å²) < 4.78 is 6.00. The Labute approximate surface area is 126 Å². The van der Waals surface area contributed by atoms with Gasteiger partial charge in [0.25, 0.3) is 0 Å². The summed E-state index contributed by atoms with van der Waals surface area (Å²) in [5.74, 6) is 0.326. The van der Waals surface area contributed by atoms with Crippen molar-refractivity contribution in [2.24, 2.45) is 5.73 Å². The van der Waals surface area contributed by atoms with Gasteiger partial charge in [-0.25, -0.2) is 0 Å². The number of rotatable bonds is 5. The second-order valence-corrected chi connectivity index (χ2v) is 5.18. The number of primary amides is 1. The molecule has 0 spiro atoms. The summed E-state index contributed by atoms with van der Waals surface area (Å²) in [6.07, 6.45) is 0. The van der Waals surface area contributed by atoms with Gasteiger partial charge in [0, 0.05) is 10.2 Å². The molecule has 0 heterocycles. The van der Waals surface area contributed by atoms with Crippen molar-refractivity contribution in [3.63, 3.8) is 0 Å². The topological polar surface area (TPSA) is 64.3 Å². The van der Waals surface area contributed by atoms with E-state index in [0.717, 1.165) is 21.5 Å². The molecule has 0 saturated heterocycles. The van der Waals surface area contributed by atoms with E-state index in [9.17, 15) is 4.79 Å². The van der Waals surface area contributed by atoms with Crippen LogP contribution in [0.1, 0.15) is 11.6 Å². The lowest BCUT2D eigenvalue weighted by molar-refractivity contribution is -0.118. The molecule has 20 heavy (non-hydrogen) atoms. The van der Waals surface area contributed by atoms with Crippen LogP contribution in [0.4, 0.5) is 5.69 Å². The van der Waals surface area contributed by atoms with E-state index < -0.39 is 11.9 Å². The number of hydrogen-bond acceptors (Lipinski definition) is 3. The maximum Gasteiger partial charge on any atom is 0.244 e. The van der Waals surface area contributed by atoms with Gasteiger partial charge in [0.2, 0.25) is 5.91 Å². The Morgan fingerprint density at radius 3 is 2.50 bits per heavy atom. The smallest absolute Gasteiger partial charge is 0.244 e. The predicted octanol–water partition coefficient (Wildman–Crippen LogP) is 3.10. The highest BCUT2D eigenvalue weighted by Gasteiger charge is 2.17. The fraction of sp³-hybridized carbons (Fsp3) is 0.133. The standard InChI is InChI=1S/C15H15BrN2O2/c1-20-13-7-5-12(6-8-13)18-14(15(17)19)10-3-2-4-11(16)9-10/h2-9,14,18H,1H3,(H2,17,19). The van der Waals surface area contributed by atoms with Crippen molar-refractivity contribution in [1.29, 1.82) is 0 Å². The number of benzene rings is 2. The highest BCUT2D eigenvalue weighted by molar-refractivity contribution is 9.10. The molecule has 4 nitrogen and oxygen atoms in total. The molecular formula is C15H15BrN2O2. The van der Waals surface area contributed by atoms with Crippen LogP contribution in [-0.4, -0.2) is 13.0 Å². The number of methoxy groups -OCH3 is 1. The Kier molecular flexibility index (Phi) is 4.63. The summed E-state index contributed by atoms with van der Waals surface area (Å²) in [6.45, 7) is 0. The van der Waals surface area contributed by atoms with Crippen LogP contribution in [0.5, 0.6) is 5.75 Å². The van der Waals surface area contributed by atoms with Gasteiger partial charge < -0.3 is 15.8 Å². The molecule has 0 aliphatic carbocycles. The second-order valence-electron chi connectivity index (χ2n) is 4.26. The van der Waals surface area contributed by atoms with Gasteiger partial charge in [-0.3, -0.25) is 4.79 Å². The third kappa shape index (κ3) is 3.51. The van der Waals surface area contributed by atoms with E-state index in [0.29, 0.717) is 0 Å². The van der Waals surface area contributed by atoms with Crippen molar-refractivity contribution in [3.05, 3.63) is 58.6 Å². The first-order valence-corrected chi connectivity index (χ1v) is 6.85. The Morgan fingerprint density at radius 1 is 1.25 bits per heavy atom. The van der Waals surface area contributed by atoms with Gasteiger partial charge in [0.1, 0.15) is 11.8 Å². The Bertz CT molecular complexity index is 599. The second kappa shape index (κ2) is 6.43. The molecule has 0 bridgehead atoms. The Hall–Kier alpha value is -2.01. The summed E-state index contributed by atoms with van der Waals surface area (Å²) in [7, 11) is 1.61. The molecule has 0 radical (unpaired) electrons. The van der Waals surface area contributed by atoms with Gasteiger partial charge in [0.05, 0.1) is 7.11 Å². The summed E-state index contributed by atoms with van der Waals surface area (Å²) in [5, 5.41) is 3.12. The molecule has 2 aromatic rings. The van der Waals surface area contributed by atoms with Gasteiger partial charge in [-0.05, 0) is 42.0 Å². The number of nitrogens with two attached hydrogens (primary N) is 1. The maximum absolute atomic E-state index is 11.7. The minimum Gasteiger partial charge on any atom is -0.497 e. The molecular weight excluding hydrogens is 320 g/mol. The maximum atomic E-state index is 11.7. The van der Waals surface area contributed by atoms with Gasteiger partial charge in [-0.2, -0.15) is 0 Å². The highest BCUT2D eigenvalue weighted by Crippen LogP contribution is 2.23. The lowest BCUT2D eigenvalue weighted by atomic mass is 10.1. The van der Waals surface area contributed by atoms with Crippen molar-refractivity contribution in [2.75, 3.05) is 12.4 Å². The number of amides is 1. The number of hydrogen-bond donors (Lipinski definition) is 2. The van der Waals surface area contributed by atoms with E-state index in [1.165, 1.54) is 0 Å². The minimum atomic E-state index is -0.583. The van der Waals surface area contributed by atoms with Crippen molar-refractivity contribution >= 4 is 27.5 Å². The zero-order valence-corrected chi connectivity index (χ0v) is 12.6. The van der Waals surface area contributed by atoms with Crippen molar-refractivity contribution in [3.8, 4) is 5.75 Å². The monoisotopic (exact) mass is 334 g/mol. The third-order valence-electron chi connectivity index (χ3n) is 2.87. The fourth-order valence-electron chi connectivity index (χ4n) is 1.86.